The minimum absolute atomic E-state index is 0. The summed E-state index contributed by atoms with van der Waals surface area (Å²) in [5.41, 5.74) is 0. The second-order valence-electron chi connectivity index (χ2n) is 0.448. The van der Waals surface area contributed by atoms with Gasteiger partial charge in [-0.25, -0.2) is 0 Å². The van der Waals surface area contributed by atoms with E-state index in [4.69, 9.17) is 17.5 Å². The van der Waals surface area contributed by atoms with Gasteiger partial charge < -0.3 is 11.2 Å². The Kier molecular flexibility index (Phi) is 98.4. The van der Waals surface area contributed by atoms with E-state index in [1.165, 1.54) is 0 Å². The van der Waals surface area contributed by atoms with Crippen LogP contribution in [0.4, 0.5) is 0 Å². The van der Waals surface area contributed by atoms with Crippen molar-refractivity contribution in [2.24, 2.45) is 0 Å². The molecule has 0 spiro atoms. The molecule has 0 aliphatic rings. The summed E-state index contributed by atoms with van der Waals surface area (Å²) in [4.78, 5) is 0. The molecule has 4 N–H and O–H groups in total. The normalized spacial score (nSPS) is 5.27. The van der Waals surface area contributed by atoms with Crippen LogP contribution in [0.1, 0.15) is 5.71 Å². The van der Waals surface area contributed by atoms with Gasteiger partial charge in [-0.05, 0) is 0 Å². The van der Waals surface area contributed by atoms with E-state index in [-0.39, 0.29) is 146 Å². The van der Waals surface area contributed by atoms with Crippen LogP contribution in [0.3, 0.4) is 0 Å². The molecule has 0 aromatic rings. The SMILES string of the molecule is O.O=S(=O)(O)O.[H-].[H-].[H-].[H-].[Mn].[Na+].[Na+].[Na+].[Na+]. The first-order valence-electron chi connectivity index (χ1n) is 0.698. The standard InChI is InChI=1S/Mn.4Na.H2O4S.H2O.4H/c;;;;;1-5(2,3)4;;;;;/h;;;;;(H2,1,2,3,4);1H2;;;;/q;4*+1;;;4*-1. The van der Waals surface area contributed by atoms with Gasteiger partial charge in [0.25, 0.3) is 0 Å². The average molecular weight is 267 g/mol. The molecule has 1 radical (unpaired) electrons. The van der Waals surface area contributed by atoms with Gasteiger partial charge in [0.2, 0.25) is 0 Å². The summed E-state index contributed by atoms with van der Waals surface area (Å²) in [6.45, 7) is 0. The third-order valence-electron chi connectivity index (χ3n) is 0. The third-order valence-corrected chi connectivity index (χ3v) is 0. The van der Waals surface area contributed by atoms with Gasteiger partial charge in [0, 0.05) is 17.1 Å². The maximum atomic E-state index is 8.74. The minimum atomic E-state index is -4.67. The monoisotopic (exact) mass is 267 g/mol. The van der Waals surface area contributed by atoms with Crippen molar-refractivity contribution in [1.82, 2.24) is 0 Å². The molecule has 0 unspecified atom stereocenters. The van der Waals surface area contributed by atoms with Gasteiger partial charge in [-0.2, -0.15) is 8.42 Å². The predicted octanol–water partition coefficient (Wildman–Crippen LogP) is -13.0. The van der Waals surface area contributed by atoms with Gasteiger partial charge in [-0.15, -0.1) is 0 Å². The Morgan fingerprint density at radius 2 is 0.909 bits per heavy atom. The van der Waals surface area contributed by atoms with E-state index in [9.17, 15) is 0 Å². The topological polar surface area (TPSA) is 106 Å². The summed E-state index contributed by atoms with van der Waals surface area (Å²) in [6.07, 6.45) is 0. The first-order chi connectivity index (χ1) is 2.00. The molecule has 11 heavy (non-hydrogen) atoms. The summed E-state index contributed by atoms with van der Waals surface area (Å²) in [7, 11) is -4.67. The van der Waals surface area contributed by atoms with E-state index < -0.39 is 10.4 Å². The molecular weight excluding hydrogens is 259 g/mol. The second kappa shape index (κ2) is 23.9. The van der Waals surface area contributed by atoms with Crippen LogP contribution in [-0.4, -0.2) is 23.0 Å². The van der Waals surface area contributed by atoms with Crippen LogP contribution in [0, 0.1) is 0 Å². The zero-order chi connectivity index (χ0) is 4.50. The first-order valence-corrected chi connectivity index (χ1v) is 2.10. The van der Waals surface area contributed by atoms with Crippen LogP contribution in [-0.2, 0) is 27.5 Å². The molecule has 0 atom stereocenters. The fourth-order valence-corrected chi connectivity index (χ4v) is 0. The Morgan fingerprint density at radius 3 is 0.909 bits per heavy atom. The van der Waals surface area contributed by atoms with Crippen LogP contribution in [0.5, 0.6) is 0 Å². The van der Waals surface area contributed by atoms with E-state index in [1.807, 2.05) is 0 Å². The number of hydrogen-bond donors (Lipinski definition) is 2. The Labute approximate surface area is 171 Å². The summed E-state index contributed by atoms with van der Waals surface area (Å²) in [5, 5.41) is 0. The first kappa shape index (κ1) is 45.3. The van der Waals surface area contributed by atoms with E-state index in [0.717, 1.165) is 0 Å². The van der Waals surface area contributed by atoms with Gasteiger partial charge in [-0.1, -0.05) is 0 Å². The molecule has 0 aliphatic heterocycles. The van der Waals surface area contributed by atoms with Gasteiger partial charge in [-0.3, -0.25) is 9.11 Å². The van der Waals surface area contributed by atoms with Crippen molar-refractivity contribution in [2.75, 3.05) is 0 Å². The molecule has 0 rings (SSSR count). The van der Waals surface area contributed by atoms with E-state index in [0.29, 0.717) is 0 Å². The zero-order valence-corrected chi connectivity index (χ0v) is 17.0. The predicted molar refractivity (Wildman–Crippen MR) is 22.2 cm³/mol. The molecule has 0 saturated carbocycles. The molecule has 5 nitrogen and oxygen atoms in total. The number of hydrogen-bond acceptors (Lipinski definition) is 2. The van der Waals surface area contributed by atoms with Crippen molar-refractivity contribution < 1.29 is 164 Å². The Hall–Kier alpha value is 4.35. The van der Waals surface area contributed by atoms with Crippen molar-refractivity contribution in [3.8, 4) is 0 Å². The molecule has 0 fully saturated rings. The average Bonchev–Trinajstić information content (AvgIpc) is 0.722. The quantitative estimate of drug-likeness (QED) is 0.335. The summed E-state index contributed by atoms with van der Waals surface area (Å²) >= 11 is 0. The Bertz CT molecular complexity index is 114. The minimum Gasteiger partial charge on any atom is -1.00 e. The largest absolute Gasteiger partial charge is 1.00 e. The number of rotatable bonds is 0. The van der Waals surface area contributed by atoms with E-state index in [1.54, 1.807) is 0 Å². The molecule has 0 aromatic carbocycles. The fourth-order valence-electron chi connectivity index (χ4n) is 0. The molecule has 0 saturated heterocycles. The third kappa shape index (κ3) is 116. The second-order valence-corrected chi connectivity index (χ2v) is 1.34. The van der Waals surface area contributed by atoms with Crippen LogP contribution >= 0.6 is 0 Å². The smallest absolute Gasteiger partial charge is 1.00 e. The summed E-state index contributed by atoms with van der Waals surface area (Å²) in [5.74, 6) is 0. The van der Waals surface area contributed by atoms with Crippen LogP contribution in [0.2, 0.25) is 0 Å². The van der Waals surface area contributed by atoms with Gasteiger partial charge in [0.15, 0.2) is 0 Å². The maximum absolute atomic E-state index is 8.74. The van der Waals surface area contributed by atoms with Crippen LogP contribution in [0.25, 0.3) is 0 Å². The summed E-state index contributed by atoms with van der Waals surface area (Å²) < 4.78 is 31.6. The maximum Gasteiger partial charge on any atom is 1.00 e. The van der Waals surface area contributed by atoms with E-state index >= 15 is 0 Å². The van der Waals surface area contributed by atoms with Crippen LogP contribution in [0.15, 0.2) is 0 Å². The molecule has 0 heterocycles. The molecule has 0 aromatic heterocycles. The van der Waals surface area contributed by atoms with Crippen LogP contribution < -0.4 is 118 Å². The Morgan fingerprint density at radius 1 is 0.909 bits per heavy atom. The van der Waals surface area contributed by atoms with Gasteiger partial charge in [0.1, 0.15) is 0 Å². The molecule has 11 heteroatoms. The zero-order valence-electron chi connectivity index (χ0n) is 11.0. The van der Waals surface area contributed by atoms with Gasteiger partial charge >= 0.3 is 129 Å². The van der Waals surface area contributed by atoms with Crippen molar-refractivity contribution in [1.29, 1.82) is 0 Å². The summed E-state index contributed by atoms with van der Waals surface area (Å²) in [6, 6.07) is 0. The fraction of sp³-hybridized carbons (Fsp3) is 0. The van der Waals surface area contributed by atoms with Crippen molar-refractivity contribution >= 4 is 10.4 Å². The molecule has 55 valence electrons. The Balaban J connectivity index is -0.00000000178. The van der Waals surface area contributed by atoms with Crippen molar-refractivity contribution in [2.45, 2.75) is 0 Å². The van der Waals surface area contributed by atoms with Crippen molar-refractivity contribution in [3.05, 3.63) is 0 Å². The van der Waals surface area contributed by atoms with Crippen molar-refractivity contribution in [3.63, 3.8) is 0 Å². The molecule has 0 amide bonds. The molecule has 0 bridgehead atoms. The molecular formula is H8MnNa4O5S. The molecule has 0 aliphatic carbocycles. The van der Waals surface area contributed by atoms with E-state index in [2.05, 4.69) is 0 Å². The van der Waals surface area contributed by atoms with Gasteiger partial charge in [0.05, 0.1) is 0 Å².